The minimum absolute atomic E-state index is 0.0203. The smallest absolute Gasteiger partial charge is 0.317 e. The van der Waals surface area contributed by atoms with Crippen molar-refractivity contribution in [2.45, 2.75) is 0 Å². The van der Waals surface area contributed by atoms with Gasteiger partial charge in [-0.15, -0.1) is 0 Å². The standard InChI is InChI=1S/C10H21NO6/c12-2-4-16-6-8-17-7-5-15-3-1-11-9-10(13)14/h11-12H,1-9H2,(H,13,14). The van der Waals surface area contributed by atoms with E-state index in [2.05, 4.69) is 5.32 Å². The van der Waals surface area contributed by atoms with Gasteiger partial charge in [-0.3, -0.25) is 4.79 Å². The molecule has 7 heteroatoms. The zero-order chi connectivity index (χ0) is 12.8. The van der Waals surface area contributed by atoms with E-state index >= 15 is 0 Å². The molecule has 0 bridgehead atoms. The van der Waals surface area contributed by atoms with Crippen LogP contribution in [0, 0.1) is 0 Å². The molecule has 0 aromatic carbocycles. The molecule has 0 aromatic rings. The lowest BCUT2D eigenvalue weighted by Crippen LogP contribution is -2.26. The molecule has 3 N–H and O–H groups in total. The number of nitrogens with one attached hydrogen (secondary N) is 1. The quantitative estimate of drug-likeness (QED) is 0.350. The van der Waals surface area contributed by atoms with Gasteiger partial charge in [-0.05, 0) is 0 Å². The molecule has 0 spiro atoms. The minimum Gasteiger partial charge on any atom is -0.480 e. The average molecular weight is 251 g/mol. The van der Waals surface area contributed by atoms with Crippen LogP contribution in [0.5, 0.6) is 0 Å². The molecule has 0 rings (SSSR count). The molecule has 0 aliphatic heterocycles. The van der Waals surface area contributed by atoms with Gasteiger partial charge in [-0.1, -0.05) is 0 Å². The molecule has 0 saturated heterocycles. The summed E-state index contributed by atoms with van der Waals surface area (Å²) in [4.78, 5) is 10.1. The van der Waals surface area contributed by atoms with Crippen molar-refractivity contribution in [1.82, 2.24) is 5.32 Å². The van der Waals surface area contributed by atoms with Crippen LogP contribution in [0.25, 0.3) is 0 Å². The zero-order valence-electron chi connectivity index (χ0n) is 9.89. The van der Waals surface area contributed by atoms with E-state index in [1.54, 1.807) is 0 Å². The second-order valence-electron chi connectivity index (χ2n) is 3.13. The second-order valence-corrected chi connectivity index (χ2v) is 3.13. The summed E-state index contributed by atoms with van der Waals surface area (Å²) in [6.07, 6.45) is 0. The van der Waals surface area contributed by atoms with E-state index in [0.717, 1.165) is 0 Å². The molecule has 0 aliphatic rings. The summed E-state index contributed by atoms with van der Waals surface area (Å²) in [5.41, 5.74) is 0. The van der Waals surface area contributed by atoms with E-state index in [-0.39, 0.29) is 13.2 Å². The van der Waals surface area contributed by atoms with Gasteiger partial charge in [0.1, 0.15) is 0 Å². The molecule has 17 heavy (non-hydrogen) atoms. The Morgan fingerprint density at radius 2 is 1.47 bits per heavy atom. The third kappa shape index (κ3) is 15.3. The van der Waals surface area contributed by atoms with Gasteiger partial charge in [-0.2, -0.15) is 0 Å². The maximum atomic E-state index is 10.1. The first-order chi connectivity index (χ1) is 8.27. The van der Waals surface area contributed by atoms with E-state index in [1.807, 2.05) is 0 Å². The number of carboxylic acid groups (broad SMARTS) is 1. The summed E-state index contributed by atoms with van der Waals surface area (Å²) in [7, 11) is 0. The summed E-state index contributed by atoms with van der Waals surface area (Å²) >= 11 is 0. The van der Waals surface area contributed by atoms with Crippen LogP contribution < -0.4 is 5.32 Å². The van der Waals surface area contributed by atoms with E-state index < -0.39 is 5.97 Å². The Kier molecular flexibility index (Phi) is 12.8. The highest BCUT2D eigenvalue weighted by atomic mass is 16.5. The van der Waals surface area contributed by atoms with Crippen LogP contribution >= 0.6 is 0 Å². The Labute approximate surface area is 101 Å². The van der Waals surface area contributed by atoms with Crippen LogP contribution in [0.15, 0.2) is 0 Å². The van der Waals surface area contributed by atoms with Crippen molar-refractivity contribution in [2.75, 3.05) is 59.3 Å². The Bertz CT molecular complexity index is 178. The van der Waals surface area contributed by atoms with Crippen molar-refractivity contribution < 1.29 is 29.2 Å². The van der Waals surface area contributed by atoms with Gasteiger partial charge in [0.15, 0.2) is 0 Å². The van der Waals surface area contributed by atoms with Crippen molar-refractivity contribution in [2.24, 2.45) is 0 Å². The molecular weight excluding hydrogens is 230 g/mol. The highest BCUT2D eigenvalue weighted by molar-refractivity contribution is 5.68. The number of aliphatic carboxylic acids is 1. The predicted molar refractivity (Wildman–Crippen MR) is 60.0 cm³/mol. The molecule has 7 nitrogen and oxygen atoms in total. The number of ether oxygens (including phenoxy) is 3. The van der Waals surface area contributed by atoms with E-state index in [4.69, 9.17) is 24.4 Å². The van der Waals surface area contributed by atoms with Crippen LogP contribution in [0.1, 0.15) is 0 Å². The fourth-order valence-corrected chi connectivity index (χ4v) is 0.946. The fourth-order valence-electron chi connectivity index (χ4n) is 0.946. The maximum Gasteiger partial charge on any atom is 0.317 e. The molecule has 0 radical (unpaired) electrons. The van der Waals surface area contributed by atoms with Gasteiger partial charge >= 0.3 is 5.97 Å². The van der Waals surface area contributed by atoms with Gasteiger partial charge in [0.25, 0.3) is 0 Å². The van der Waals surface area contributed by atoms with Crippen molar-refractivity contribution in [3.8, 4) is 0 Å². The molecule has 0 aliphatic carbocycles. The maximum absolute atomic E-state index is 10.1. The number of carbonyl (C=O) groups is 1. The Balaban J connectivity index is 2.91. The van der Waals surface area contributed by atoms with Gasteiger partial charge in [0.05, 0.1) is 52.8 Å². The molecule has 0 amide bonds. The van der Waals surface area contributed by atoms with E-state index in [1.165, 1.54) is 0 Å². The minimum atomic E-state index is -0.879. The summed E-state index contributed by atoms with van der Waals surface area (Å²) < 4.78 is 15.3. The first kappa shape index (κ1) is 16.3. The van der Waals surface area contributed by atoms with Crippen molar-refractivity contribution in [1.29, 1.82) is 0 Å². The summed E-state index contributed by atoms with van der Waals surface area (Å²) in [5.74, 6) is -0.879. The lowest BCUT2D eigenvalue weighted by molar-refractivity contribution is -0.136. The summed E-state index contributed by atoms with van der Waals surface area (Å²) in [5, 5.41) is 19.4. The van der Waals surface area contributed by atoms with Crippen LogP contribution in [-0.4, -0.2) is 75.5 Å². The second kappa shape index (κ2) is 13.3. The Morgan fingerprint density at radius 3 is 2.00 bits per heavy atom. The molecule has 0 atom stereocenters. The molecule has 0 aromatic heterocycles. The van der Waals surface area contributed by atoms with E-state index in [0.29, 0.717) is 46.2 Å². The number of aliphatic hydroxyl groups is 1. The van der Waals surface area contributed by atoms with Gasteiger partial charge in [-0.25, -0.2) is 0 Å². The third-order valence-electron chi connectivity index (χ3n) is 1.68. The van der Waals surface area contributed by atoms with Gasteiger partial charge < -0.3 is 29.7 Å². The number of hydrogen-bond donors (Lipinski definition) is 3. The molecule has 0 heterocycles. The highest BCUT2D eigenvalue weighted by Crippen LogP contribution is 1.80. The SMILES string of the molecule is O=C(O)CNCCOCCOCCOCCO. The molecule has 0 saturated carbocycles. The zero-order valence-corrected chi connectivity index (χ0v) is 9.89. The van der Waals surface area contributed by atoms with Crippen molar-refractivity contribution >= 4 is 5.97 Å². The fraction of sp³-hybridized carbons (Fsp3) is 0.900. The van der Waals surface area contributed by atoms with Crippen LogP contribution in [0.2, 0.25) is 0 Å². The third-order valence-corrected chi connectivity index (χ3v) is 1.68. The van der Waals surface area contributed by atoms with Crippen LogP contribution in [0.4, 0.5) is 0 Å². The predicted octanol–water partition coefficient (Wildman–Crippen LogP) is -1.30. The summed E-state index contributed by atoms with van der Waals surface area (Å²) in [6.45, 7) is 3.13. The monoisotopic (exact) mass is 251 g/mol. The number of rotatable bonds is 13. The number of carboxylic acids is 1. The Morgan fingerprint density at radius 1 is 0.941 bits per heavy atom. The van der Waals surface area contributed by atoms with E-state index in [9.17, 15) is 4.79 Å². The molecule has 0 unspecified atom stereocenters. The van der Waals surface area contributed by atoms with Crippen molar-refractivity contribution in [3.63, 3.8) is 0 Å². The highest BCUT2D eigenvalue weighted by Gasteiger charge is 1.94. The number of aliphatic hydroxyl groups excluding tert-OH is 1. The van der Waals surface area contributed by atoms with Crippen LogP contribution in [-0.2, 0) is 19.0 Å². The largest absolute Gasteiger partial charge is 0.480 e. The Hall–Kier alpha value is -0.730. The topological polar surface area (TPSA) is 97.3 Å². The van der Waals surface area contributed by atoms with Crippen molar-refractivity contribution in [3.05, 3.63) is 0 Å². The number of hydrogen-bond acceptors (Lipinski definition) is 6. The summed E-state index contributed by atoms with van der Waals surface area (Å²) in [6, 6.07) is 0. The molecule has 0 fully saturated rings. The van der Waals surface area contributed by atoms with Crippen LogP contribution in [0.3, 0.4) is 0 Å². The lowest BCUT2D eigenvalue weighted by atomic mass is 10.6. The van der Waals surface area contributed by atoms with Gasteiger partial charge in [0, 0.05) is 6.54 Å². The molecular formula is C10H21NO6. The van der Waals surface area contributed by atoms with Gasteiger partial charge in [0.2, 0.25) is 0 Å². The normalized spacial score (nSPS) is 10.6. The first-order valence-corrected chi connectivity index (χ1v) is 5.54. The lowest BCUT2D eigenvalue weighted by Gasteiger charge is -2.06. The first-order valence-electron chi connectivity index (χ1n) is 5.54. The molecule has 102 valence electrons. The average Bonchev–Trinajstić information content (AvgIpc) is 2.30.